The van der Waals surface area contributed by atoms with Crippen LogP contribution in [0.3, 0.4) is 0 Å². The van der Waals surface area contributed by atoms with Crippen LogP contribution in [0.5, 0.6) is 0 Å². The van der Waals surface area contributed by atoms with E-state index in [0.717, 1.165) is 4.90 Å². The first-order valence-electron chi connectivity index (χ1n) is 8.95. The highest BCUT2D eigenvalue weighted by Gasteiger charge is 2.20. The number of ketones is 1. The van der Waals surface area contributed by atoms with E-state index in [2.05, 4.69) is 10.6 Å². The van der Waals surface area contributed by atoms with Gasteiger partial charge in [0, 0.05) is 34.7 Å². The average Bonchev–Trinajstić information content (AvgIpc) is 2.86. The molecule has 2 N–H and O–H groups in total. The van der Waals surface area contributed by atoms with Gasteiger partial charge in [-0.05, 0) is 37.3 Å². The molecular formula is C20H20N2O5S2. The number of hydrogen-bond acceptors (Lipinski definition) is 6. The molecule has 1 aliphatic rings. The molecule has 0 saturated carbocycles. The topological polar surface area (TPSA) is 109 Å². The molecule has 0 atom stereocenters. The summed E-state index contributed by atoms with van der Waals surface area (Å²) < 4.78 is 25.3. The van der Waals surface area contributed by atoms with E-state index in [1.54, 1.807) is 30.3 Å². The van der Waals surface area contributed by atoms with Gasteiger partial charge in [0.05, 0.1) is 16.3 Å². The summed E-state index contributed by atoms with van der Waals surface area (Å²) >= 11 is 1.49. The lowest BCUT2D eigenvalue weighted by atomic mass is 10.1. The molecule has 0 radical (unpaired) electrons. The van der Waals surface area contributed by atoms with Crippen molar-refractivity contribution in [2.75, 3.05) is 22.1 Å². The summed E-state index contributed by atoms with van der Waals surface area (Å²) in [5, 5.41) is 5.33. The molecule has 1 heterocycles. The molecule has 0 spiro atoms. The Bertz CT molecular complexity index is 1080. The zero-order chi connectivity index (χ0) is 21.0. The molecule has 1 aliphatic heterocycles. The zero-order valence-electron chi connectivity index (χ0n) is 15.7. The monoisotopic (exact) mass is 432 g/mol. The number of sulfone groups is 1. The van der Waals surface area contributed by atoms with Crippen molar-refractivity contribution < 1.29 is 22.8 Å². The number of rotatable bonds is 6. The van der Waals surface area contributed by atoms with Gasteiger partial charge in [0.15, 0.2) is 15.6 Å². The molecule has 152 valence electrons. The molecule has 0 aromatic heterocycles. The van der Waals surface area contributed by atoms with Crippen LogP contribution in [-0.2, 0) is 19.4 Å². The van der Waals surface area contributed by atoms with E-state index in [1.807, 2.05) is 0 Å². The summed E-state index contributed by atoms with van der Waals surface area (Å²) in [6.45, 7) is 1.43. The van der Waals surface area contributed by atoms with Crippen LogP contribution in [0, 0.1) is 0 Å². The number of Topliss-reactive ketones (excluding diaryl/α,β-unsaturated/α-hetero) is 1. The highest BCUT2D eigenvalue weighted by molar-refractivity contribution is 7.99. The SMILES string of the molecule is CC(=O)c1cccc(NC(=O)CCS(=O)(=O)c2ccc3c(c2)NC(=O)CCS3)c1. The number of carbonyl (C=O) groups excluding carboxylic acids is 3. The van der Waals surface area contributed by atoms with Crippen LogP contribution in [0.1, 0.15) is 30.1 Å². The lowest BCUT2D eigenvalue weighted by Crippen LogP contribution is -2.18. The summed E-state index contributed by atoms with van der Waals surface area (Å²) in [7, 11) is -3.71. The normalized spacial score (nSPS) is 13.8. The van der Waals surface area contributed by atoms with Gasteiger partial charge >= 0.3 is 0 Å². The van der Waals surface area contributed by atoms with Crippen LogP contribution >= 0.6 is 11.8 Å². The fourth-order valence-corrected chi connectivity index (χ4v) is 4.98. The Morgan fingerprint density at radius 2 is 1.97 bits per heavy atom. The van der Waals surface area contributed by atoms with Crippen molar-refractivity contribution in [1.29, 1.82) is 0 Å². The van der Waals surface area contributed by atoms with Crippen LogP contribution in [0.2, 0.25) is 0 Å². The number of amides is 2. The molecule has 0 unspecified atom stereocenters. The Morgan fingerprint density at radius 3 is 2.72 bits per heavy atom. The standard InChI is InChI=1S/C20H20N2O5S2/c1-13(23)14-3-2-4-15(11-14)21-20(25)8-10-29(26,27)16-5-6-18-17(12-16)22-19(24)7-9-28-18/h2-6,11-12H,7-10H2,1H3,(H,21,25)(H,22,24). The Balaban J connectivity index is 1.67. The maximum absolute atomic E-state index is 12.6. The highest BCUT2D eigenvalue weighted by atomic mass is 32.2. The molecule has 0 saturated heterocycles. The first kappa shape index (κ1) is 21.1. The minimum atomic E-state index is -3.71. The number of fused-ring (bicyclic) bond motifs is 1. The zero-order valence-corrected chi connectivity index (χ0v) is 17.4. The van der Waals surface area contributed by atoms with Crippen molar-refractivity contribution in [3.05, 3.63) is 48.0 Å². The molecular weight excluding hydrogens is 412 g/mol. The molecule has 3 rings (SSSR count). The maximum atomic E-state index is 12.6. The number of hydrogen-bond donors (Lipinski definition) is 2. The van der Waals surface area contributed by atoms with E-state index in [0.29, 0.717) is 29.1 Å². The maximum Gasteiger partial charge on any atom is 0.225 e. The molecule has 7 nitrogen and oxygen atoms in total. The van der Waals surface area contributed by atoms with E-state index in [4.69, 9.17) is 0 Å². The number of anilines is 2. The third-order valence-electron chi connectivity index (χ3n) is 4.32. The van der Waals surface area contributed by atoms with E-state index in [-0.39, 0.29) is 28.8 Å². The Morgan fingerprint density at radius 1 is 1.17 bits per heavy atom. The minimum Gasteiger partial charge on any atom is -0.326 e. The number of benzene rings is 2. The number of carbonyl (C=O) groups is 3. The molecule has 2 amide bonds. The predicted octanol–water partition coefficient (Wildman–Crippen LogP) is 3.13. The summed E-state index contributed by atoms with van der Waals surface area (Å²) in [6, 6.07) is 11.1. The second-order valence-corrected chi connectivity index (χ2v) is 9.80. The summed E-state index contributed by atoms with van der Waals surface area (Å²) in [6.07, 6.45) is 0.136. The van der Waals surface area contributed by atoms with Crippen molar-refractivity contribution >= 4 is 50.6 Å². The van der Waals surface area contributed by atoms with Crippen LogP contribution in [0.15, 0.2) is 52.3 Å². The van der Waals surface area contributed by atoms with Crippen molar-refractivity contribution in [1.82, 2.24) is 0 Å². The van der Waals surface area contributed by atoms with Crippen molar-refractivity contribution in [3.63, 3.8) is 0 Å². The molecule has 0 fully saturated rings. The van der Waals surface area contributed by atoms with Crippen LogP contribution in [-0.4, -0.2) is 37.5 Å². The first-order valence-corrected chi connectivity index (χ1v) is 11.6. The van der Waals surface area contributed by atoms with Crippen LogP contribution < -0.4 is 10.6 Å². The van der Waals surface area contributed by atoms with E-state index in [1.165, 1.54) is 30.8 Å². The van der Waals surface area contributed by atoms with Crippen LogP contribution in [0.4, 0.5) is 11.4 Å². The van der Waals surface area contributed by atoms with Gasteiger partial charge in [-0.15, -0.1) is 11.8 Å². The minimum absolute atomic E-state index is 0.0606. The average molecular weight is 433 g/mol. The van der Waals surface area contributed by atoms with E-state index >= 15 is 0 Å². The molecule has 2 aromatic rings. The molecule has 9 heteroatoms. The molecule has 2 aromatic carbocycles. The van der Waals surface area contributed by atoms with Gasteiger partial charge in [0.25, 0.3) is 0 Å². The van der Waals surface area contributed by atoms with Gasteiger partial charge in [-0.1, -0.05) is 12.1 Å². The highest BCUT2D eigenvalue weighted by Crippen LogP contribution is 2.33. The molecule has 0 bridgehead atoms. The Hall–Kier alpha value is -2.65. The quantitative estimate of drug-likeness (QED) is 0.679. The number of thioether (sulfide) groups is 1. The first-order chi connectivity index (χ1) is 13.7. The molecule has 0 aliphatic carbocycles. The van der Waals surface area contributed by atoms with Crippen molar-refractivity contribution in [2.45, 2.75) is 29.6 Å². The van der Waals surface area contributed by atoms with Gasteiger partial charge in [0.2, 0.25) is 11.8 Å². The van der Waals surface area contributed by atoms with Crippen LogP contribution in [0.25, 0.3) is 0 Å². The van der Waals surface area contributed by atoms with Gasteiger partial charge in [-0.2, -0.15) is 0 Å². The largest absolute Gasteiger partial charge is 0.326 e. The second kappa shape index (κ2) is 8.79. The van der Waals surface area contributed by atoms with Crippen molar-refractivity contribution in [3.8, 4) is 0 Å². The van der Waals surface area contributed by atoms with Gasteiger partial charge < -0.3 is 10.6 Å². The Kier molecular flexibility index (Phi) is 6.39. The fourth-order valence-electron chi connectivity index (χ4n) is 2.78. The molecule has 29 heavy (non-hydrogen) atoms. The number of nitrogens with one attached hydrogen (secondary N) is 2. The Labute approximate surface area is 173 Å². The van der Waals surface area contributed by atoms with E-state index in [9.17, 15) is 22.8 Å². The fraction of sp³-hybridized carbons (Fsp3) is 0.250. The second-order valence-electron chi connectivity index (χ2n) is 6.56. The third-order valence-corrected chi connectivity index (χ3v) is 7.11. The van der Waals surface area contributed by atoms with Crippen molar-refractivity contribution in [2.24, 2.45) is 0 Å². The van der Waals surface area contributed by atoms with Gasteiger partial charge in [-0.3, -0.25) is 14.4 Å². The third kappa shape index (κ3) is 5.45. The lowest BCUT2D eigenvalue weighted by molar-refractivity contribution is -0.116. The summed E-state index contributed by atoms with van der Waals surface area (Å²) in [5.41, 5.74) is 1.37. The summed E-state index contributed by atoms with van der Waals surface area (Å²) in [5.74, 6) is -0.482. The van der Waals surface area contributed by atoms with Gasteiger partial charge in [-0.25, -0.2) is 8.42 Å². The predicted molar refractivity (Wildman–Crippen MR) is 112 cm³/mol. The van der Waals surface area contributed by atoms with E-state index < -0.39 is 15.7 Å². The smallest absolute Gasteiger partial charge is 0.225 e. The summed E-state index contributed by atoms with van der Waals surface area (Å²) in [4.78, 5) is 36.2. The van der Waals surface area contributed by atoms with Gasteiger partial charge in [0.1, 0.15) is 0 Å². The lowest BCUT2D eigenvalue weighted by Gasteiger charge is -2.10.